The molecule has 0 fully saturated rings. The predicted molar refractivity (Wildman–Crippen MR) is 80.2 cm³/mol. The molecule has 0 amide bonds. The fourth-order valence-electron chi connectivity index (χ4n) is 1.59. The summed E-state index contributed by atoms with van der Waals surface area (Å²) >= 11 is 2.98. The summed E-state index contributed by atoms with van der Waals surface area (Å²) in [6.45, 7) is 0.479. The van der Waals surface area contributed by atoms with Gasteiger partial charge in [0, 0.05) is 5.75 Å². The first-order valence-electron chi connectivity index (χ1n) is 6.20. The second-order valence-electron chi connectivity index (χ2n) is 4.00. The van der Waals surface area contributed by atoms with E-state index in [1.165, 1.54) is 23.9 Å². The molecule has 108 valence electrons. The largest absolute Gasteiger partial charge is 0.493 e. The standard InChI is InChI=1S/C14H11FN2O2S2/c15-10-3-5-11(6-4-10)18-7-9-21-14-17-16-13(19-14)12-2-1-8-20-12/h1-6,8H,7,9H2. The molecule has 0 radical (unpaired) electrons. The van der Waals surface area contributed by atoms with E-state index in [2.05, 4.69) is 10.2 Å². The Kier molecular flexibility index (Phi) is 4.52. The summed E-state index contributed by atoms with van der Waals surface area (Å²) in [6.07, 6.45) is 0. The van der Waals surface area contributed by atoms with E-state index < -0.39 is 0 Å². The first-order chi connectivity index (χ1) is 10.3. The monoisotopic (exact) mass is 322 g/mol. The van der Waals surface area contributed by atoms with Gasteiger partial charge in [-0.3, -0.25) is 0 Å². The van der Waals surface area contributed by atoms with Crippen LogP contribution in [0.2, 0.25) is 0 Å². The van der Waals surface area contributed by atoms with E-state index in [0.29, 0.717) is 29.2 Å². The van der Waals surface area contributed by atoms with Gasteiger partial charge in [0.1, 0.15) is 11.6 Å². The second kappa shape index (κ2) is 6.73. The van der Waals surface area contributed by atoms with Gasteiger partial charge in [-0.05, 0) is 35.7 Å². The molecule has 3 aromatic rings. The Morgan fingerprint density at radius 3 is 2.81 bits per heavy atom. The number of hydrogen-bond acceptors (Lipinski definition) is 6. The highest BCUT2D eigenvalue weighted by Crippen LogP contribution is 2.26. The van der Waals surface area contributed by atoms with Gasteiger partial charge in [-0.25, -0.2) is 4.39 Å². The minimum absolute atomic E-state index is 0.274. The van der Waals surface area contributed by atoms with E-state index in [1.807, 2.05) is 17.5 Å². The Bertz CT molecular complexity index is 683. The number of thioether (sulfide) groups is 1. The molecule has 0 bridgehead atoms. The average molecular weight is 322 g/mol. The van der Waals surface area contributed by atoms with Crippen LogP contribution in [-0.4, -0.2) is 22.6 Å². The molecular formula is C14H11FN2O2S2. The summed E-state index contributed by atoms with van der Waals surface area (Å²) in [5.41, 5.74) is 0. The van der Waals surface area contributed by atoms with Crippen molar-refractivity contribution in [1.29, 1.82) is 0 Å². The molecule has 3 rings (SSSR count). The molecule has 0 spiro atoms. The number of aromatic nitrogens is 2. The lowest BCUT2D eigenvalue weighted by atomic mass is 10.3. The number of ether oxygens (including phenoxy) is 1. The number of benzene rings is 1. The van der Waals surface area contributed by atoms with Crippen molar-refractivity contribution in [3.8, 4) is 16.5 Å². The summed E-state index contributed by atoms with van der Waals surface area (Å²) in [5, 5.41) is 10.4. The number of nitrogens with zero attached hydrogens (tertiary/aromatic N) is 2. The van der Waals surface area contributed by atoms with Gasteiger partial charge in [0.05, 0.1) is 11.5 Å². The number of rotatable bonds is 6. The normalized spacial score (nSPS) is 10.7. The molecule has 0 saturated heterocycles. The molecule has 0 saturated carbocycles. The molecule has 7 heteroatoms. The minimum Gasteiger partial charge on any atom is -0.493 e. The fraction of sp³-hybridized carbons (Fsp3) is 0.143. The number of hydrogen-bond donors (Lipinski definition) is 0. The zero-order valence-corrected chi connectivity index (χ0v) is 12.5. The topological polar surface area (TPSA) is 48.2 Å². The summed E-state index contributed by atoms with van der Waals surface area (Å²) in [5.74, 6) is 1.57. The maximum atomic E-state index is 12.7. The average Bonchev–Trinajstić information content (AvgIpc) is 3.16. The van der Waals surface area contributed by atoms with E-state index >= 15 is 0 Å². The van der Waals surface area contributed by atoms with Gasteiger partial charge in [-0.2, -0.15) is 0 Å². The van der Waals surface area contributed by atoms with Gasteiger partial charge in [-0.1, -0.05) is 17.8 Å². The fourth-order valence-corrected chi connectivity index (χ4v) is 2.81. The molecule has 0 aliphatic rings. The zero-order chi connectivity index (χ0) is 14.5. The lowest BCUT2D eigenvalue weighted by molar-refractivity contribution is 0.342. The molecule has 0 atom stereocenters. The van der Waals surface area contributed by atoms with Crippen molar-refractivity contribution in [2.75, 3.05) is 12.4 Å². The maximum Gasteiger partial charge on any atom is 0.277 e. The summed E-state index contributed by atoms with van der Waals surface area (Å²) in [4.78, 5) is 0.955. The van der Waals surface area contributed by atoms with Gasteiger partial charge in [0.25, 0.3) is 11.1 Å². The highest BCUT2D eigenvalue weighted by atomic mass is 32.2. The molecule has 2 aromatic heterocycles. The molecule has 21 heavy (non-hydrogen) atoms. The Morgan fingerprint density at radius 1 is 1.19 bits per heavy atom. The van der Waals surface area contributed by atoms with Crippen molar-refractivity contribution in [1.82, 2.24) is 10.2 Å². The first kappa shape index (κ1) is 14.1. The highest BCUT2D eigenvalue weighted by molar-refractivity contribution is 7.99. The van der Waals surface area contributed by atoms with Crippen LogP contribution in [0.3, 0.4) is 0 Å². The van der Waals surface area contributed by atoms with Crippen LogP contribution in [0.4, 0.5) is 4.39 Å². The van der Waals surface area contributed by atoms with Crippen LogP contribution in [0, 0.1) is 5.82 Å². The van der Waals surface area contributed by atoms with E-state index in [-0.39, 0.29) is 5.82 Å². The van der Waals surface area contributed by atoms with Crippen LogP contribution in [-0.2, 0) is 0 Å². The van der Waals surface area contributed by atoms with Crippen LogP contribution in [0.15, 0.2) is 51.4 Å². The van der Waals surface area contributed by atoms with Crippen LogP contribution >= 0.6 is 23.1 Å². The van der Waals surface area contributed by atoms with Crippen molar-refractivity contribution >= 4 is 23.1 Å². The molecule has 0 aliphatic carbocycles. The smallest absolute Gasteiger partial charge is 0.277 e. The molecule has 4 nitrogen and oxygen atoms in total. The van der Waals surface area contributed by atoms with Crippen LogP contribution in [0.25, 0.3) is 10.8 Å². The van der Waals surface area contributed by atoms with Gasteiger partial charge >= 0.3 is 0 Å². The lowest BCUT2D eigenvalue weighted by Gasteiger charge is -2.04. The Labute approximate surface area is 129 Å². The van der Waals surface area contributed by atoms with Crippen molar-refractivity contribution in [2.24, 2.45) is 0 Å². The van der Waals surface area contributed by atoms with Gasteiger partial charge in [0.2, 0.25) is 0 Å². The minimum atomic E-state index is -0.274. The van der Waals surface area contributed by atoms with Crippen LogP contribution in [0.1, 0.15) is 0 Å². The van der Waals surface area contributed by atoms with Crippen LogP contribution < -0.4 is 4.74 Å². The molecule has 0 unspecified atom stereocenters. The van der Waals surface area contributed by atoms with E-state index in [1.54, 1.807) is 23.5 Å². The third-order valence-electron chi connectivity index (χ3n) is 2.53. The number of halogens is 1. The number of thiophene rings is 1. The van der Waals surface area contributed by atoms with Crippen molar-refractivity contribution in [2.45, 2.75) is 5.22 Å². The Hall–Kier alpha value is -1.86. The van der Waals surface area contributed by atoms with E-state index in [0.717, 1.165) is 4.88 Å². The zero-order valence-electron chi connectivity index (χ0n) is 10.9. The van der Waals surface area contributed by atoms with E-state index in [4.69, 9.17) is 9.15 Å². The maximum absolute atomic E-state index is 12.7. The molecule has 1 aromatic carbocycles. The summed E-state index contributed by atoms with van der Waals surface area (Å²) in [6, 6.07) is 9.81. The SMILES string of the molecule is Fc1ccc(OCCSc2nnc(-c3cccs3)o2)cc1. The van der Waals surface area contributed by atoms with Gasteiger partial charge in [-0.15, -0.1) is 21.5 Å². The van der Waals surface area contributed by atoms with Crippen molar-refractivity contribution in [3.05, 3.63) is 47.6 Å². The molecule has 0 aliphatic heterocycles. The summed E-state index contributed by atoms with van der Waals surface area (Å²) in [7, 11) is 0. The Morgan fingerprint density at radius 2 is 2.05 bits per heavy atom. The predicted octanol–water partition coefficient (Wildman–Crippen LogP) is 4.11. The highest BCUT2D eigenvalue weighted by Gasteiger charge is 2.09. The van der Waals surface area contributed by atoms with Crippen molar-refractivity contribution in [3.63, 3.8) is 0 Å². The lowest BCUT2D eigenvalue weighted by Crippen LogP contribution is -1.99. The quantitative estimate of drug-likeness (QED) is 0.505. The summed E-state index contributed by atoms with van der Waals surface area (Å²) < 4.78 is 23.8. The molecule has 0 N–H and O–H groups in total. The second-order valence-corrected chi connectivity index (χ2v) is 6.00. The third kappa shape index (κ3) is 3.83. The molecular weight excluding hydrogens is 311 g/mol. The molecule has 2 heterocycles. The van der Waals surface area contributed by atoms with E-state index in [9.17, 15) is 4.39 Å². The van der Waals surface area contributed by atoms with Crippen LogP contribution in [0.5, 0.6) is 5.75 Å². The van der Waals surface area contributed by atoms with Gasteiger partial charge < -0.3 is 9.15 Å². The van der Waals surface area contributed by atoms with Crippen molar-refractivity contribution < 1.29 is 13.5 Å². The van der Waals surface area contributed by atoms with Gasteiger partial charge in [0.15, 0.2) is 0 Å². The Balaban J connectivity index is 1.46. The third-order valence-corrected chi connectivity index (χ3v) is 4.17. The first-order valence-corrected chi connectivity index (χ1v) is 8.06.